The molecule has 0 spiro atoms. The lowest BCUT2D eigenvalue weighted by Gasteiger charge is -2.17. The van der Waals surface area contributed by atoms with Crippen LogP contribution in [-0.2, 0) is 9.53 Å². The first-order chi connectivity index (χ1) is 15.1. The van der Waals surface area contributed by atoms with Crippen molar-refractivity contribution in [3.63, 3.8) is 0 Å². The maximum atomic E-state index is 12.2. The maximum absolute atomic E-state index is 12.2. The molecule has 0 bridgehead atoms. The fourth-order valence-electron chi connectivity index (χ4n) is 3.58. The Kier molecular flexibility index (Phi) is 6.07. The highest BCUT2D eigenvalue weighted by Crippen LogP contribution is 2.31. The van der Waals surface area contributed by atoms with E-state index in [1.54, 1.807) is 12.5 Å². The van der Waals surface area contributed by atoms with Gasteiger partial charge in [-0.25, -0.2) is 9.78 Å². The van der Waals surface area contributed by atoms with Gasteiger partial charge < -0.3 is 13.9 Å². The summed E-state index contributed by atoms with van der Waals surface area (Å²) in [5.74, 6) is 1.02. The Bertz CT molecular complexity index is 1160. The molecule has 0 aliphatic heterocycles. The van der Waals surface area contributed by atoms with Gasteiger partial charge in [-0.2, -0.15) is 0 Å². The number of esters is 1. The minimum absolute atomic E-state index is 0.361. The molecule has 31 heavy (non-hydrogen) atoms. The van der Waals surface area contributed by atoms with Crippen molar-refractivity contribution in [3.8, 4) is 22.8 Å². The number of aromatic nitrogens is 2. The fourth-order valence-corrected chi connectivity index (χ4v) is 3.58. The Morgan fingerprint density at radius 3 is 2.65 bits per heavy atom. The lowest BCUT2D eigenvalue weighted by molar-refractivity contribution is -0.149. The number of furan rings is 1. The van der Waals surface area contributed by atoms with Gasteiger partial charge in [0.2, 0.25) is 0 Å². The Hall–Kier alpha value is -3.54. The number of rotatable bonds is 8. The quantitative estimate of drug-likeness (QED) is 0.343. The van der Waals surface area contributed by atoms with Crippen LogP contribution in [0.3, 0.4) is 0 Å². The molecule has 4 rings (SSSR count). The van der Waals surface area contributed by atoms with Crippen LogP contribution in [0.1, 0.15) is 31.7 Å². The molecule has 0 radical (unpaired) electrons. The van der Waals surface area contributed by atoms with Crippen LogP contribution >= 0.6 is 0 Å². The van der Waals surface area contributed by atoms with Crippen molar-refractivity contribution in [2.45, 2.75) is 39.2 Å². The second kappa shape index (κ2) is 9.08. The summed E-state index contributed by atoms with van der Waals surface area (Å²) < 4.78 is 18.4. The van der Waals surface area contributed by atoms with Gasteiger partial charge in [-0.05, 0) is 50.1 Å². The van der Waals surface area contributed by atoms with E-state index in [0.717, 1.165) is 41.0 Å². The summed E-state index contributed by atoms with van der Waals surface area (Å²) in [5, 5.41) is 0. The SMILES string of the molecule is CCCCC(Oc1ccc2nc(-c3ccoc3)n(-c3ccc(C)cc3)c2c1)C(=O)OC. The second-order valence-corrected chi connectivity index (χ2v) is 7.54. The molecule has 0 aliphatic carbocycles. The summed E-state index contributed by atoms with van der Waals surface area (Å²) in [4.78, 5) is 17.0. The molecule has 1 atom stereocenters. The molecule has 0 saturated carbocycles. The number of hydrogen-bond acceptors (Lipinski definition) is 5. The highest BCUT2D eigenvalue weighted by Gasteiger charge is 2.22. The molecule has 0 fully saturated rings. The van der Waals surface area contributed by atoms with Crippen molar-refractivity contribution < 1.29 is 18.7 Å². The first-order valence-electron chi connectivity index (χ1n) is 10.5. The standard InChI is InChI=1S/C25H26N2O4/c1-4-5-6-23(25(28)29-3)31-20-11-12-21-22(15-20)27(19-9-7-17(2)8-10-19)24(26-21)18-13-14-30-16-18/h7-16,23H,4-6H2,1-3H3. The highest BCUT2D eigenvalue weighted by molar-refractivity contribution is 5.84. The Balaban J connectivity index is 1.80. The van der Waals surface area contributed by atoms with Crippen LogP contribution in [0.4, 0.5) is 0 Å². The summed E-state index contributed by atoms with van der Waals surface area (Å²) in [6, 6.07) is 15.8. The van der Waals surface area contributed by atoms with Crippen LogP contribution in [0.2, 0.25) is 0 Å². The normalized spacial score (nSPS) is 12.1. The van der Waals surface area contributed by atoms with Gasteiger partial charge in [0.25, 0.3) is 0 Å². The number of aryl methyl sites for hydroxylation is 1. The number of imidazole rings is 1. The highest BCUT2D eigenvalue weighted by atomic mass is 16.6. The second-order valence-electron chi connectivity index (χ2n) is 7.54. The molecular formula is C25H26N2O4. The fraction of sp³-hybridized carbons (Fsp3) is 0.280. The molecule has 2 aromatic heterocycles. The topological polar surface area (TPSA) is 66.5 Å². The van der Waals surface area contributed by atoms with E-state index in [-0.39, 0.29) is 5.97 Å². The van der Waals surface area contributed by atoms with Crippen molar-refractivity contribution >= 4 is 17.0 Å². The number of ether oxygens (including phenoxy) is 2. The molecule has 2 heterocycles. The number of nitrogens with zero attached hydrogens (tertiary/aromatic N) is 2. The number of carbonyl (C=O) groups is 1. The summed E-state index contributed by atoms with van der Waals surface area (Å²) in [7, 11) is 1.39. The Morgan fingerprint density at radius 2 is 1.97 bits per heavy atom. The number of carbonyl (C=O) groups excluding carboxylic acids is 1. The van der Waals surface area contributed by atoms with Crippen molar-refractivity contribution in [2.24, 2.45) is 0 Å². The molecule has 0 saturated heterocycles. The van der Waals surface area contributed by atoms with E-state index in [0.29, 0.717) is 12.2 Å². The van der Waals surface area contributed by atoms with Crippen molar-refractivity contribution in [2.75, 3.05) is 7.11 Å². The number of unbranched alkanes of at least 4 members (excludes halogenated alkanes) is 1. The van der Waals surface area contributed by atoms with E-state index >= 15 is 0 Å². The molecule has 0 amide bonds. The minimum atomic E-state index is -0.633. The Morgan fingerprint density at radius 1 is 1.16 bits per heavy atom. The predicted octanol–water partition coefficient (Wildman–Crippen LogP) is 5.70. The van der Waals surface area contributed by atoms with E-state index in [1.807, 2.05) is 24.3 Å². The molecule has 1 unspecified atom stereocenters. The van der Waals surface area contributed by atoms with Crippen molar-refractivity contribution in [3.05, 3.63) is 66.6 Å². The smallest absolute Gasteiger partial charge is 0.347 e. The molecule has 0 N–H and O–H groups in total. The van der Waals surface area contributed by atoms with Crippen LogP contribution < -0.4 is 4.74 Å². The van der Waals surface area contributed by atoms with Gasteiger partial charge in [0.15, 0.2) is 6.10 Å². The van der Waals surface area contributed by atoms with Crippen LogP contribution in [0, 0.1) is 6.92 Å². The maximum Gasteiger partial charge on any atom is 0.347 e. The zero-order chi connectivity index (χ0) is 21.8. The number of hydrogen-bond donors (Lipinski definition) is 0. The summed E-state index contributed by atoms with van der Waals surface area (Å²) in [6.45, 7) is 4.14. The van der Waals surface area contributed by atoms with Gasteiger partial charge in [0.05, 0.1) is 30.0 Å². The molecular weight excluding hydrogens is 392 g/mol. The monoisotopic (exact) mass is 418 g/mol. The van der Waals surface area contributed by atoms with Gasteiger partial charge in [0.1, 0.15) is 17.8 Å². The third-order valence-electron chi connectivity index (χ3n) is 5.26. The lowest BCUT2D eigenvalue weighted by Crippen LogP contribution is -2.28. The first kappa shape index (κ1) is 20.7. The summed E-state index contributed by atoms with van der Waals surface area (Å²) in [6.07, 6.45) is 5.15. The largest absolute Gasteiger partial charge is 0.479 e. The number of benzene rings is 2. The van der Waals surface area contributed by atoms with Crippen LogP contribution in [0.5, 0.6) is 5.75 Å². The predicted molar refractivity (Wildman–Crippen MR) is 119 cm³/mol. The zero-order valence-corrected chi connectivity index (χ0v) is 18.0. The average molecular weight is 418 g/mol. The van der Waals surface area contributed by atoms with Gasteiger partial charge >= 0.3 is 5.97 Å². The van der Waals surface area contributed by atoms with E-state index in [2.05, 4.69) is 42.7 Å². The number of fused-ring (bicyclic) bond motifs is 1. The van der Waals surface area contributed by atoms with E-state index in [9.17, 15) is 4.79 Å². The van der Waals surface area contributed by atoms with Crippen molar-refractivity contribution in [1.82, 2.24) is 9.55 Å². The molecule has 6 heteroatoms. The Labute approximate surface area is 181 Å². The number of methoxy groups -OCH3 is 1. The molecule has 160 valence electrons. The van der Waals surface area contributed by atoms with Crippen LogP contribution in [0.25, 0.3) is 28.1 Å². The summed E-state index contributed by atoms with van der Waals surface area (Å²) in [5.41, 5.74) is 4.76. The van der Waals surface area contributed by atoms with Gasteiger partial charge in [-0.1, -0.05) is 31.0 Å². The van der Waals surface area contributed by atoms with E-state index < -0.39 is 6.10 Å². The zero-order valence-electron chi connectivity index (χ0n) is 18.0. The molecule has 6 nitrogen and oxygen atoms in total. The van der Waals surface area contributed by atoms with Crippen molar-refractivity contribution in [1.29, 1.82) is 0 Å². The van der Waals surface area contributed by atoms with Gasteiger partial charge in [-0.3, -0.25) is 4.57 Å². The van der Waals surface area contributed by atoms with Gasteiger partial charge in [0, 0.05) is 11.8 Å². The van der Waals surface area contributed by atoms with E-state index in [4.69, 9.17) is 18.9 Å². The van der Waals surface area contributed by atoms with Gasteiger partial charge in [-0.15, -0.1) is 0 Å². The lowest BCUT2D eigenvalue weighted by atomic mass is 10.1. The van der Waals surface area contributed by atoms with E-state index in [1.165, 1.54) is 12.7 Å². The summed E-state index contributed by atoms with van der Waals surface area (Å²) >= 11 is 0. The van der Waals surface area contributed by atoms with Crippen LogP contribution in [0.15, 0.2) is 65.5 Å². The average Bonchev–Trinajstić information content (AvgIpc) is 3.44. The molecule has 0 aliphatic rings. The van der Waals surface area contributed by atoms with Crippen LogP contribution in [-0.4, -0.2) is 28.7 Å². The minimum Gasteiger partial charge on any atom is -0.479 e. The first-order valence-corrected chi connectivity index (χ1v) is 10.5. The molecule has 2 aromatic carbocycles. The molecule has 4 aromatic rings. The third-order valence-corrected chi connectivity index (χ3v) is 5.26. The third kappa shape index (κ3) is 4.33.